The average molecular weight is 269 g/mol. The monoisotopic (exact) mass is 269 g/mol. The van der Waals surface area contributed by atoms with Gasteiger partial charge in [-0.2, -0.15) is 0 Å². The second-order valence-electron chi connectivity index (χ2n) is 4.94. The molecule has 0 saturated carbocycles. The standard InChI is InChI=1S/C14H23NO4/c1-14(18,11-16)10-15-7-13(17)9-19-8-12-5-3-2-4-6-12/h2-6,13,15-18H,7-11H2,1H3. The maximum Gasteiger partial charge on any atom is 0.0972 e. The van der Waals surface area contributed by atoms with E-state index < -0.39 is 11.7 Å². The van der Waals surface area contributed by atoms with Crippen LogP contribution in [0.2, 0.25) is 0 Å². The van der Waals surface area contributed by atoms with Gasteiger partial charge in [0.2, 0.25) is 0 Å². The largest absolute Gasteiger partial charge is 0.393 e. The predicted octanol–water partition coefficient (Wildman–Crippen LogP) is -0.103. The molecule has 0 saturated heterocycles. The van der Waals surface area contributed by atoms with Crippen LogP contribution in [0.3, 0.4) is 0 Å². The van der Waals surface area contributed by atoms with E-state index in [9.17, 15) is 10.2 Å². The molecule has 0 aromatic heterocycles. The summed E-state index contributed by atoms with van der Waals surface area (Å²) in [5.74, 6) is 0. The second-order valence-corrected chi connectivity index (χ2v) is 4.94. The lowest BCUT2D eigenvalue weighted by molar-refractivity contribution is -0.00490. The van der Waals surface area contributed by atoms with Crippen LogP contribution in [-0.2, 0) is 11.3 Å². The Kier molecular flexibility index (Phi) is 6.97. The number of benzene rings is 1. The summed E-state index contributed by atoms with van der Waals surface area (Å²) in [6.45, 7) is 2.43. The van der Waals surface area contributed by atoms with Gasteiger partial charge in [-0.05, 0) is 12.5 Å². The van der Waals surface area contributed by atoms with Gasteiger partial charge in [0.15, 0.2) is 0 Å². The van der Waals surface area contributed by atoms with E-state index in [1.165, 1.54) is 6.92 Å². The Morgan fingerprint density at radius 2 is 2.00 bits per heavy atom. The molecule has 0 aliphatic heterocycles. The van der Waals surface area contributed by atoms with E-state index in [2.05, 4.69) is 5.32 Å². The molecule has 1 rings (SSSR count). The lowest BCUT2D eigenvalue weighted by Gasteiger charge is -2.21. The van der Waals surface area contributed by atoms with Crippen LogP contribution in [0.1, 0.15) is 12.5 Å². The zero-order valence-electron chi connectivity index (χ0n) is 11.2. The zero-order valence-corrected chi connectivity index (χ0v) is 11.2. The smallest absolute Gasteiger partial charge is 0.0972 e. The van der Waals surface area contributed by atoms with Crippen molar-refractivity contribution < 1.29 is 20.1 Å². The first-order chi connectivity index (χ1) is 9.03. The molecule has 4 N–H and O–H groups in total. The quantitative estimate of drug-likeness (QED) is 0.503. The minimum atomic E-state index is -1.16. The summed E-state index contributed by atoms with van der Waals surface area (Å²) in [6.07, 6.45) is -0.641. The molecule has 108 valence electrons. The van der Waals surface area contributed by atoms with Crippen molar-refractivity contribution in [1.82, 2.24) is 5.32 Å². The normalized spacial score (nSPS) is 16.0. The number of hydrogen-bond donors (Lipinski definition) is 4. The van der Waals surface area contributed by atoms with Crippen molar-refractivity contribution in [3.63, 3.8) is 0 Å². The van der Waals surface area contributed by atoms with E-state index in [1.807, 2.05) is 30.3 Å². The lowest BCUT2D eigenvalue weighted by Crippen LogP contribution is -2.43. The van der Waals surface area contributed by atoms with Crippen LogP contribution in [-0.4, -0.2) is 53.3 Å². The van der Waals surface area contributed by atoms with Gasteiger partial charge in [-0.3, -0.25) is 0 Å². The highest BCUT2D eigenvalue weighted by atomic mass is 16.5. The third-order valence-corrected chi connectivity index (χ3v) is 2.65. The van der Waals surface area contributed by atoms with Crippen LogP contribution >= 0.6 is 0 Å². The van der Waals surface area contributed by atoms with Crippen LogP contribution in [0.5, 0.6) is 0 Å². The summed E-state index contributed by atoms with van der Waals surface area (Å²) < 4.78 is 5.39. The number of aliphatic hydroxyl groups excluding tert-OH is 2. The molecule has 1 aromatic rings. The fraction of sp³-hybridized carbons (Fsp3) is 0.571. The molecule has 0 heterocycles. The molecule has 5 nitrogen and oxygen atoms in total. The molecule has 0 spiro atoms. The van der Waals surface area contributed by atoms with Crippen molar-refractivity contribution >= 4 is 0 Å². The average Bonchev–Trinajstić information content (AvgIpc) is 2.40. The zero-order chi connectivity index (χ0) is 14.1. The van der Waals surface area contributed by atoms with Crippen LogP contribution in [0.4, 0.5) is 0 Å². The molecular formula is C14H23NO4. The van der Waals surface area contributed by atoms with E-state index in [0.29, 0.717) is 13.2 Å². The van der Waals surface area contributed by atoms with Crippen molar-refractivity contribution in [2.75, 3.05) is 26.3 Å². The van der Waals surface area contributed by atoms with Crippen molar-refractivity contribution in [3.05, 3.63) is 35.9 Å². The summed E-state index contributed by atoms with van der Waals surface area (Å²) in [7, 11) is 0. The Morgan fingerprint density at radius 3 is 2.63 bits per heavy atom. The summed E-state index contributed by atoms with van der Waals surface area (Å²) in [5.41, 5.74) is -0.101. The van der Waals surface area contributed by atoms with Gasteiger partial charge < -0.3 is 25.4 Å². The summed E-state index contributed by atoms with van der Waals surface area (Å²) in [5, 5.41) is 30.9. The molecule has 1 aromatic carbocycles. The van der Waals surface area contributed by atoms with Gasteiger partial charge >= 0.3 is 0 Å². The van der Waals surface area contributed by atoms with Gasteiger partial charge in [0.05, 0.1) is 31.5 Å². The topological polar surface area (TPSA) is 82.0 Å². The van der Waals surface area contributed by atoms with Crippen LogP contribution in [0.25, 0.3) is 0 Å². The molecule has 2 atom stereocenters. The van der Waals surface area contributed by atoms with E-state index >= 15 is 0 Å². The van der Waals surface area contributed by atoms with E-state index in [4.69, 9.17) is 9.84 Å². The van der Waals surface area contributed by atoms with Gasteiger partial charge in [0.25, 0.3) is 0 Å². The van der Waals surface area contributed by atoms with Gasteiger partial charge in [-0.25, -0.2) is 0 Å². The molecular weight excluding hydrogens is 246 g/mol. The summed E-state index contributed by atoms with van der Waals surface area (Å²) in [4.78, 5) is 0. The number of ether oxygens (including phenoxy) is 1. The molecule has 19 heavy (non-hydrogen) atoms. The second kappa shape index (κ2) is 8.24. The third-order valence-electron chi connectivity index (χ3n) is 2.65. The first-order valence-corrected chi connectivity index (χ1v) is 6.37. The van der Waals surface area contributed by atoms with Crippen molar-refractivity contribution in [3.8, 4) is 0 Å². The van der Waals surface area contributed by atoms with E-state index in [-0.39, 0.29) is 19.8 Å². The molecule has 0 bridgehead atoms. The molecule has 0 aliphatic rings. The Labute approximate surface area is 113 Å². The molecule has 0 aliphatic carbocycles. The highest BCUT2D eigenvalue weighted by Gasteiger charge is 2.18. The Bertz CT molecular complexity index is 343. The van der Waals surface area contributed by atoms with Crippen molar-refractivity contribution in [1.29, 1.82) is 0 Å². The van der Waals surface area contributed by atoms with E-state index in [0.717, 1.165) is 5.56 Å². The van der Waals surface area contributed by atoms with Crippen molar-refractivity contribution in [2.45, 2.75) is 25.2 Å². The summed E-state index contributed by atoms with van der Waals surface area (Å²) >= 11 is 0. The Balaban J connectivity index is 2.10. The van der Waals surface area contributed by atoms with Crippen LogP contribution in [0.15, 0.2) is 30.3 Å². The minimum absolute atomic E-state index is 0.221. The molecule has 0 amide bonds. The number of nitrogens with one attached hydrogen (secondary N) is 1. The predicted molar refractivity (Wildman–Crippen MR) is 72.7 cm³/mol. The van der Waals surface area contributed by atoms with Crippen molar-refractivity contribution in [2.24, 2.45) is 0 Å². The Morgan fingerprint density at radius 1 is 1.32 bits per heavy atom. The van der Waals surface area contributed by atoms with Crippen LogP contribution < -0.4 is 5.32 Å². The highest BCUT2D eigenvalue weighted by Crippen LogP contribution is 2.01. The van der Waals surface area contributed by atoms with Gasteiger partial charge in [0, 0.05) is 13.1 Å². The molecule has 5 heteroatoms. The fourth-order valence-corrected chi connectivity index (χ4v) is 1.51. The number of aliphatic hydroxyl groups is 3. The highest BCUT2D eigenvalue weighted by molar-refractivity contribution is 5.13. The Hall–Kier alpha value is -0.980. The van der Waals surface area contributed by atoms with Gasteiger partial charge in [-0.1, -0.05) is 30.3 Å². The first kappa shape index (κ1) is 16.1. The molecule has 0 radical (unpaired) electrons. The minimum Gasteiger partial charge on any atom is -0.393 e. The fourth-order valence-electron chi connectivity index (χ4n) is 1.51. The maximum atomic E-state index is 9.67. The van der Waals surface area contributed by atoms with Crippen LogP contribution in [0, 0.1) is 0 Å². The first-order valence-electron chi connectivity index (χ1n) is 6.37. The molecule has 0 fully saturated rings. The third kappa shape index (κ3) is 7.25. The molecule has 2 unspecified atom stereocenters. The van der Waals surface area contributed by atoms with Gasteiger partial charge in [-0.15, -0.1) is 0 Å². The SMILES string of the molecule is CC(O)(CO)CNCC(O)COCc1ccccc1. The number of hydrogen-bond acceptors (Lipinski definition) is 5. The summed E-state index contributed by atoms with van der Waals surface area (Å²) in [6, 6.07) is 9.74. The number of rotatable bonds is 9. The van der Waals surface area contributed by atoms with E-state index in [1.54, 1.807) is 0 Å². The lowest BCUT2D eigenvalue weighted by atomic mass is 10.1. The van der Waals surface area contributed by atoms with Gasteiger partial charge in [0.1, 0.15) is 0 Å². The maximum absolute atomic E-state index is 9.67.